The van der Waals surface area contributed by atoms with E-state index in [0.717, 1.165) is 50.5 Å². The van der Waals surface area contributed by atoms with E-state index < -0.39 is 0 Å². The average Bonchev–Trinajstić information content (AvgIpc) is 3.16. The first kappa shape index (κ1) is 21.1. The number of rotatable bonds is 7. The van der Waals surface area contributed by atoms with Gasteiger partial charge in [0.1, 0.15) is 0 Å². The van der Waals surface area contributed by atoms with Gasteiger partial charge in [0.25, 0.3) is 5.91 Å². The van der Waals surface area contributed by atoms with Crippen molar-refractivity contribution in [3.63, 3.8) is 0 Å². The number of carbonyl (C=O) groups is 1. The molecule has 1 fully saturated rings. The smallest absolute Gasteiger partial charge is 0.252 e. The summed E-state index contributed by atoms with van der Waals surface area (Å²) in [4.78, 5) is 19.0. The van der Waals surface area contributed by atoms with E-state index in [0.29, 0.717) is 6.04 Å². The molecule has 0 radical (unpaired) electrons. The second-order valence-corrected chi connectivity index (χ2v) is 8.57. The van der Waals surface area contributed by atoms with E-state index in [1.165, 1.54) is 6.42 Å². The normalized spacial score (nSPS) is 15.1. The molecule has 0 unspecified atom stereocenters. The van der Waals surface area contributed by atoms with E-state index in [4.69, 9.17) is 0 Å². The highest BCUT2D eigenvalue weighted by Gasteiger charge is 2.21. The standard InChI is InChI=1S/C25H26N4OS/c1-3-17(26-4-2)12-15-22-20-14-13-19(16-23(20)29-28-22)31-24-11-6-5-10-21(24)25(30)27-18-8-7-9-18/h3-6,10-16,18H,7-9H2,1-2H3,(H,27,30)(H,28,29)/b15-12+,17-3-,26-4?. The van der Waals surface area contributed by atoms with Crippen molar-refractivity contribution in [1.82, 2.24) is 15.5 Å². The first-order valence-electron chi connectivity index (χ1n) is 10.6. The lowest BCUT2D eigenvalue weighted by molar-refractivity contribution is 0.0914. The van der Waals surface area contributed by atoms with Crippen molar-refractivity contribution in [3.8, 4) is 0 Å². The van der Waals surface area contributed by atoms with Crippen LogP contribution in [0.1, 0.15) is 49.2 Å². The summed E-state index contributed by atoms with van der Waals surface area (Å²) >= 11 is 1.59. The van der Waals surface area contributed by atoms with Gasteiger partial charge in [-0.25, -0.2) is 0 Å². The van der Waals surface area contributed by atoms with Gasteiger partial charge in [0, 0.05) is 27.4 Å². The van der Waals surface area contributed by atoms with E-state index >= 15 is 0 Å². The molecule has 0 saturated heterocycles. The van der Waals surface area contributed by atoms with Crippen molar-refractivity contribution in [3.05, 3.63) is 71.6 Å². The maximum atomic E-state index is 12.7. The van der Waals surface area contributed by atoms with Crippen LogP contribution in [-0.2, 0) is 0 Å². The van der Waals surface area contributed by atoms with Crippen LogP contribution in [0.5, 0.6) is 0 Å². The number of hydrogen-bond donors (Lipinski definition) is 2. The molecule has 0 bridgehead atoms. The number of benzene rings is 2. The average molecular weight is 431 g/mol. The summed E-state index contributed by atoms with van der Waals surface area (Å²) in [5, 5.41) is 11.7. The number of fused-ring (bicyclic) bond motifs is 1. The SMILES string of the molecule is CC=NC(=C\C)/C=C/c1n[nH]c2cc(Sc3ccccc3C(=O)NC3CCC3)ccc12. The Morgan fingerprint density at radius 1 is 1.23 bits per heavy atom. The molecule has 3 aromatic rings. The Morgan fingerprint density at radius 3 is 2.81 bits per heavy atom. The van der Waals surface area contributed by atoms with Gasteiger partial charge in [-0.3, -0.25) is 14.9 Å². The van der Waals surface area contributed by atoms with Crippen molar-refractivity contribution < 1.29 is 4.79 Å². The number of H-pyrrole nitrogens is 1. The molecule has 31 heavy (non-hydrogen) atoms. The summed E-state index contributed by atoms with van der Waals surface area (Å²) in [6, 6.07) is 14.3. The second kappa shape index (κ2) is 9.79. The van der Waals surface area contributed by atoms with Gasteiger partial charge in [-0.05, 0) is 75.6 Å². The fourth-order valence-electron chi connectivity index (χ4n) is 3.42. The van der Waals surface area contributed by atoms with Gasteiger partial charge < -0.3 is 5.32 Å². The first-order valence-corrected chi connectivity index (χ1v) is 11.4. The quantitative estimate of drug-likeness (QED) is 0.356. The minimum Gasteiger partial charge on any atom is -0.349 e. The highest BCUT2D eigenvalue weighted by Crippen LogP contribution is 2.33. The molecular weight excluding hydrogens is 404 g/mol. The van der Waals surface area contributed by atoms with Crippen LogP contribution in [0.15, 0.2) is 75.1 Å². The van der Waals surface area contributed by atoms with E-state index in [9.17, 15) is 4.79 Å². The van der Waals surface area contributed by atoms with Crippen LogP contribution in [0.4, 0.5) is 0 Å². The molecule has 2 N–H and O–H groups in total. The number of amides is 1. The summed E-state index contributed by atoms with van der Waals surface area (Å²) in [5.74, 6) is 0.0114. The van der Waals surface area contributed by atoms with Gasteiger partial charge in [-0.1, -0.05) is 30.0 Å². The van der Waals surface area contributed by atoms with Gasteiger partial charge >= 0.3 is 0 Å². The third-order valence-electron chi connectivity index (χ3n) is 5.35. The van der Waals surface area contributed by atoms with Gasteiger partial charge in [0.2, 0.25) is 0 Å². The Labute approximate surface area is 186 Å². The van der Waals surface area contributed by atoms with Crippen LogP contribution in [-0.4, -0.2) is 28.4 Å². The van der Waals surface area contributed by atoms with Crippen LogP contribution < -0.4 is 5.32 Å². The summed E-state index contributed by atoms with van der Waals surface area (Å²) < 4.78 is 0. The zero-order valence-corrected chi connectivity index (χ0v) is 18.6. The molecule has 1 saturated carbocycles. The third-order valence-corrected chi connectivity index (χ3v) is 6.42. The molecule has 6 heteroatoms. The molecule has 1 aromatic heterocycles. The number of hydrogen-bond acceptors (Lipinski definition) is 4. The number of nitrogens with zero attached hydrogens (tertiary/aromatic N) is 2. The van der Waals surface area contributed by atoms with E-state index in [-0.39, 0.29) is 5.91 Å². The zero-order valence-electron chi connectivity index (χ0n) is 17.8. The van der Waals surface area contributed by atoms with E-state index in [1.807, 2.05) is 56.3 Å². The van der Waals surface area contributed by atoms with Gasteiger partial charge in [0.15, 0.2) is 0 Å². The molecule has 0 spiro atoms. The fourth-order valence-corrected chi connectivity index (χ4v) is 4.41. The summed E-state index contributed by atoms with van der Waals surface area (Å²) in [6.07, 6.45) is 11.0. The Morgan fingerprint density at radius 2 is 2.06 bits per heavy atom. The molecule has 1 amide bonds. The lowest BCUT2D eigenvalue weighted by Crippen LogP contribution is -2.39. The predicted octanol–water partition coefficient (Wildman–Crippen LogP) is 6.00. The number of nitrogens with one attached hydrogen (secondary N) is 2. The van der Waals surface area contributed by atoms with Gasteiger partial charge in [0.05, 0.1) is 22.5 Å². The Kier molecular flexibility index (Phi) is 6.67. The van der Waals surface area contributed by atoms with Crippen LogP contribution in [0.3, 0.4) is 0 Å². The van der Waals surface area contributed by atoms with E-state index in [1.54, 1.807) is 18.0 Å². The Balaban J connectivity index is 1.54. The predicted molar refractivity (Wildman–Crippen MR) is 129 cm³/mol. The third kappa shape index (κ3) is 4.97. The van der Waals surface area contributed by atoms with Crippen molar-refractivity contribution >= 4 is 40.9 Å². The first-order chi connectivity index (χ1) is 15.2. The van der Waals surface area contributed by atoms with Crippen LogP contribution in [0.25, 0.3) is 17.0 Å². The maximum absolute atomic E-state index is 12.7. The van der Waals surface area contributed by atoms with Crippen molar-refractivity contribution in [1.29, 1.82) is 0 Å². The monoisotopic (exact) mass is 430 g/mol. The number of carbonyl (C=O) groups excluding carboxylic acids is 1. The fraction of sp³-hybridized carbons (Fsp3) is 0.240. The van der Waals surface area contributed by atoms with Gasteiger partial charge in [-0.15, -0.1) is 0 Å². The van der Waals surface area contributed by atoms with Crippen LogP contribution >= 0.6 is 11.8 Å². The number of allylic oxidation sites excluding steroid dienone is 2. The minimum absolute atomic E-state index is 0.0114. The summed E-state index contributed by atoms with van der Waals surface area (Å²) in [5.41, 5.74) is 3.45. The highest BCUT2D eigenvalue weighted by atomic mass is 32.2. The van der Waals surface area contributed by atoms with Crippen molar-refractivity contribution in [2.45, 2.75) is 48.9 Å². The molecule has 1 heterocycles. The van der Waals surface area contributed by atoms with E-state index in [2.05, 4.69) is 38.7 Å². The van der Waals surface area contributed by atoms with Crippen LogP contribution in [0.2, 0.25) is 0 Å². The second-order valence-electron chi connectivity index (χ2n) is 7.45. The number of aliphatic imine (C=N–C) groups is 1. The zero-order chi connectivity index (χ0) is 21.6. The van der Waals surface area contributed by atoms with Crippen molar-refractivity contribution in [2.75, 3.05) is 0 Å². The molecular formula is C25H26N4OS. The highest BCUT2D eigenvalue weighted by molar-refractivity contribution is 7.99. The number of aromatic nitrogens is 2. The molecule has 1 aliphatic carbocycles. The molecule has 5 nitrogen and oxygen atoms in total. The molecule has 1 aliphatic rings. The van der Waals surface area contributed by atoms with Crippen molar-refractivity contribution in [2.24, 2.45) is 4.99 Å². The Bertz CT molecular complexity index is 1170. The van der Waals surface area contributed by atoms with Crippen LogP contribution in [0, 0.1) is 0 Å². The molecule has 0 aliphatic heterocycles. The summed E-state index contributed by atoms with van der Waals surface area (Å²) in [6.45, 7) is 3.86. The Hall–Kier alpha value is -3.12. The largest absolute Gasteiger partial charge is 0.349 e. The maximum Gasteiger partial charge on any atom is 0.252 e. The topological polar surface area (TPSA) is 70.1 Å². The number of aromatic amines is 1. The lowest BCUT2D eigenvalue weighted by Gasteiger charge is -2.26. The lowest BCUT2D eigenvalue weighted by atomic mass is 9.93. The van der Waals surface area contributed by atoms with Gasteiger partial charge in [-0.2, -0.15) is 5.10 Å². The minimum atomic E-state index is 0.0114. The molecule has 158 valence electrons. The summed E-state index contributed by atoms with van der Waals surface area (Å²) in [7, 11) is 0. The molecule has 2 aromatic carbocycles. The molecule has 4 rings (SSSR count). The molecule has 0 atom stereocenters.